The summed E-state index contributed by atoms with van der Waals surface area (Å²) < 4.78 is 0. The molecule has 0 aromatic heterocycles. The molecule has 0 spiro atoms. The van der Waals surface area contributed by atoms with Crippen LogP contribution in [0.3, 0.4) is 0 Å². The molecule has 3 aliphatic heterocycles. The molecule has 60 valence electrons. The lowest BCUT2D eigenvalue weighted by Gasteiger charge is -2.41. The first kappa shape index (κ1) is 7.10. The highest BCUT2D eigenvalue weighted by Crippen LogP contribution is 2.36. The van der Waals surface area contributed by atoms with Gasteiger partial charge in [0.25, 0.3) is 0 Å². The van der Waals surface area contributed by atoms with Gasteiger partial charge in [-0.25, -0.2) is 0 Å². The van der Waals surface area contributed by atoms with Crippen molar-refractivity contribution in [2.75, 3.05) is 13.1 Å². The van der Waals surface area contributed by atoms with E-state index in [0.29, 0.717) is 11.8 Å². The van der Waals surface area contributed by atoms with Crippen molar-refractivity contribution in [3.63, 3.8) is 0 Å². The number of nitrogens with zero attached hydrogens (tertiary/aromatic N) is 1. The Bertz CT molecular complexity index is 173. The van der Waals surface area contributed by atoms with Crippen LogP contribution in [0.2, 0.25) is 0 Å². The van der Waals surface area contributed by atoms with Crippen molar-refractivity contribution in [1.29, 1.82) is 0 Å². The third-order valence-electron chi connectivity index (χ3n) is 2.54. The van der Waals surface area contributed by atoms with Crippen LogP contribution in [0.25, 0.3) is 0 Å². The Kier molecular flexibility index (Phi) is 1.60. The SMILES string of the molecule is O=C(O)[C]1[CH]N2CCC1CC2. The van der Waals surface area contributed by atoms with Crippen LogP contribution in [-0.2, 0) is 4.79 Å². The standard InChI is InChI=1S/C8H11NO2/c10-8(11)7-5-9-3-1-6(7)2-4-9/h5-6H,1-4H2,(H,10,11). The van der Waals surface area contributed by atoms with Gasteiger partial charge in [0, 0.05) is 6.54 Å². The van der Waals surface area contributed by atoms with Crippen molar-refractivity contribution in [3.8, 4) is 0 Å². The van der Waals surface area contributed by atoms with Crippen molar-refractivity contribution >= 4 is 5.97 Å². The number of hydrogen-bond acceptors (Lipinski definition) is 2. The van der Waals surface area contributed by atoms with E-state index in [0.717, 1.165) is 25.9 Å². The smallest absolute Gasteiger partial charge is 0.312 e. The summed E-state index contributed by atoms with van der Waals surface area (Å²) in [5.41, 5.74) is 0. The fourth-order valence-corrected chi connectivity index (χ4v) is 1.87. The van der Waals surface area contributed by atoms with E-state index in [9.17, 15) is 4.79 Å². The molecule has 3 heterocycles. The molecule has 1 N–H and O–H groups in total. The minimum absolute atomic E-state index is 0.331. The largest absolute Gasteiger partial charge is 0.481 e. The number of carboxylic acids is 1. The minimum Gasteiger partial charge on any atom is -0.481 e. The zero-order chi connectivity index (χ0) is 7.84. The molecule has 2 bridgehead atoms. The van der Waals surface area contributed by atoms with Crippen LogP contribution in [0.4, 0.5) is 0 Å². The summed E-state index contributed by atoms with van der Waals surface area (Å²) in [5, 5.41) is 8.77. The summed E-state index contributed by atoms with van der Waals surface area (Å²) in [6.45, 7) is 3.89. The molecule has 3 saturated heterocycles. The molecule has 0 aromatic carbocycles. The number of rotatable bonds is 1. The number of fused-ring (bicyclic) bond motifs is 3. The summed E-state index contributed by atoms with van der Waals surface area (Å²) in [7, 11) is 0. The van der Waals surface area contributed by atoms with Crippen LogP contribution in [-0.4, -0.2) is 29.1 Å². The zero-order valence-corrected chi connectivity index (χ0v) is 6.29. The molecular formula is C8H11NO2. The van der Waals surface area contributed by atoms with Gasteiger partial charge in [-0.1, -0.05) is 0 Å². The first-order valence-corrected chi connectivity index (χ1v) is 3.96. The zero-order valence-electron chi connectivity index (χ0n) is 6.29. The first-order chi connectivity index (χ1) is 5.27. The molecule has 0 amide bonds. The normalized spacial score (nSPS) is 37.5. The van der Waals surface area contributed by atoms with Crippen molar-refractivity contribution in [2.45, 2.75) is 12.8 Å². The summed E-state index contributed by atoms with van der Waals surface area (Å²) in [6, 6.07) is 0. The number of aliphatic carboxylic acids is 1. The number of hydrogen-bond donors (Lipinski definition) is 1. The summed E-state index contributed by atoms with van der Waals surface area (Å²) >= 11 is 0. The summed E-state index contributed by atoms with van der Waals surface area (Å²) in [4.78, 5) is 12.7. The quantitative estimate of drug-likeness (QED) is 0.597. The van der Waals surface area contributed by atoms with Crippen LogP contribution in [0.5, 0.6) is 0 Å². The highest BCUT2D eigenvalue weighted by Gasteiger charge is 2.39. The lowest BCUT2D eigenvalue weighted by atomic mass is 9.79. The van der Waals surface area contributed by atoms with Crippen molar-refractivity contribution in [1.82, 2.24) is 4.90 Å². The Morgan fingerprint density at radius 3 is 2.45 bits per heavy atom. The Balaban J connectivity index is 2.08. The third kappa shape index (κ3) is 1.13. The van der Waals surface area contributed by atoms with E-state index in [4.69, 9.17) is 5.11 Å². The van der Waals surface area contributed by atoms with Gasteiger partial charge in [-0.05, 0) is 31.8 Å². The van der Waals surface area contributed by atoms with E-state index < -0.39 is 5.97 Å². The molecule has 0 saturated carbocycles. The molecule has 0 unspecified atom stereocenters. The highest BCUT2D eigenvalue weighted by molar-refractivity contribution is 5.85. The molecular weight excluding hydrogens is 142 g/mol. The van der Waals surface area contributed by atoms with Crippen molar-refractivity contribution in [3.05, 3.63) is 12.5 Å². The van der Waals surface area contributed by atoms with Gasteiger partial charge in [0.1, 0.15) is 5.92 Å². The van der Waals surface area contributed by atoms with Crippen LogP contribution in [0.15, 0.2) is 0 Å². The first-order valence-electron chi connectivity index (χ1n) is 3.96. The van der Waals surface area contributed by atoms with Crippen LogP contribution >= 0.6 is 0 Å². The van der Waals surface area contributed by atoms with Gasteiger partial charge in [0.05, 0.1) is 0 Å². The molecule has 2 radical (unpaired) electrons. The Morgan fingerprint density at radius 2 is 2.18 bits per heavy atom. The molecule has 11 heavy (non-hydrogen) atoms. The van der Waals surface area contributed by atoms with Gasteiger partial charge < -0.3 is 5.11 Å². The van der Waals surface area contributed by atoms with Gasteiger partial charge >= 0.3 is 5.97 Å². The number of carboxylic acid groups (broad SMARTS) is 1. The average molecular weight is 153 g/mol. The number of carbonyl (C=O) groups is 1. The second kappa shape index (κ2) is 2.48. The molecule has 3 aliphatic rings. The topological polar surface area (TPSA) is 40.5 Å². The van der Waals surface area contributed by atoms with E-state index in [1.807, 2.05) is 0 Å². The molecule has 3 fully saturated rings. The third-order valence-corrected chi connectivity index (χ3v) is 2.54. The van der Waals surface area contributed by atoms with Gasteiger partial charge in [-0.2, -0.15) is 0 Å². The fourth-order valence-electron chi connectivity index (χ4n) is 1.87. The average Bonchev–Trinajstić information content (AvgIpc) is 2.06. The molecule has 0 aliphatic carbocycles. The fraction of sp³-hybridized carbons (Fsp3) is 0.625. The van der Waals surface area contributed by atoms with Gasteiger partial charge in [0.15, 0.2) is 0 Å². The van der Waals surface area contributed by atoms with Gasteiger partial charge in [-0.15, -0.1) is 0 Å². The van der Waals surface area contributed by atoms with E-state index in [2.05, 4.69) is 4.90 Å². The lowest BCUT2D eigenvalue weighted by Crippen LogP contribution is -2.45. The van der Waals surface area contributed by atoms with Crippen LogP contribution in [0.1, 0.15) is 12.8 Å². The second-order valence-electron chi connectivity index (χ2n) is 3.20. The Labute approximate surface area is 66.0 Å². The minimum atomic E-state index is -0.737. The monoisotopic (exact) mass is 153 g/mol. The number of piperidine rings is 3. The Morgan fingerprint density at radius 1 is 1.55 bits per heavy atom. The van der Waals surface area contributed by atoms with Crippen LogP contribution in [0, 0.1) is 18.4 Å². The predicted octanol–water partition coefficient (Wildman–Crippen LogP) is 0.533. The summed E-state index contributed by atoms with van der Waals surface area (Å²) in [6.07, 6.45) is 2.05. The van der Waals surface area contributed by atoms with Gasteiger partial charge in [0.2, 0.25) is 0 Å². The highest BCUT2D eigenvalue weighted by atomic mass is 16.4. The molecule has 0 aromatic rings. The second-order valence-corrected chi connectivity index (χ2v) is 3.20. The predicted molar refractivity (Wildman–Crippen MR) is 39.5 cm³/mol. The molecule has 3 nitrogen and oxygen atoms in total. The maximum absolute atomic E-state index is 10.6. The lowest BCUT2D eigenvalue weighted by molar-refractivity contribution is -0.136. The van der Waals surface area contributed by atoms with Gasteiger partial charge in [-0.3, -0.25) is 9.69 Å². The van der Waals surface area contributed by atoms with E-state index in [-0.39, 0.29) is 0 Å². The van der Waals surface area contributed by atoms with E-state index in [1.54, 1.807) is 6.54 Å². The van der Waals surface area contributed by atoms with Crippen LogP contribution < -0.4 is 0 Å². The Hall–Kier alpha value is -0.570. The van der Waals surface area contributed by atoms with Crippen molar-refractivity contribution < 1.29 is 9.90 Å². The maximum atomic E-state index is 10.6. The van der Waals surface area contributed by atoms with Crippen molar-refractivity contribution in [2.24, 2.45) is 5.92 Å². The summed E-state index contributed by atoms with van der Waals surface area (Å²) in [5.74, 6) is 0.208. The molecule has 3 rings (SSSR count). The van der Waals surface area contributed by atoms with E-state index in [1.165, 1.54) is 0 Å². The van der Waals surface area contributed by atoms with E-state index >= 15 is 0 Å². The molecule has 0 atom stereocenters. The maximum Gasteiger partial charge on any atom is 0.312 e. The molecule has 3 heteroatoms.